The van der Waals surface area contributed by atoms with Crippen molar-refractivity contribution < 1.29 is 13.2 Å². The number of carbonyl (C=O) groups excluding carboxylic acids is 1. The summed E-state index contributed by atoms with van der Waals surface area (Å²) in [7, 11) is -3.70. The minimum absolute atomic E-state index is 0.252. The predicted molar refractivity (Wildman–Crippen MR) is 118 cm³/mol. The van der Waals surface area contributed by atoms with Gasteiger partial charge in [0.25, 0.3) is 0 Å². The van der Waals surface area contributed by atoms with Crippen molar-refractivity contribution in [3.63, 3.8) is 0 Å². The molecule has 3 aromatic rings. The Balaban J connectivity index is 1.83. The number of hydrogen-bond acceptors (Lipinski definition) is 4. The summed E-state index contributed by atoms with van der Waals surface area (Å²) in [6.07, 6.45) is 6.58. The summed E-state index contributed by atoms with van der Waals surface area (Å²) in [4.78, 5) is 17.1. The molecule has 1 atom stereocenters. The number of halogens is 1. The monoisotopic (exact) mass is 446 g/mol. The van der Waals surface area contributed by atoms with Crippen LogP contribution in [0, 0.1) is 0 Å². The number of benzene rings is 2. The van der Waals surface area contributed by atoms with Crippen molar-refractivity contribution in [2.24, 2.45) is 0 Å². The first-order chi connectivity index (χ1) is 14.3. The van der Waals surface area contributed by atoms with E-state index in [4.69, 9.17) is 11.6 Å². The Morgan fingerprint density at radius 3 is 2.50 bits per heavy atom. The summed E-state index contributed by atoms with van der Waals surface area (Å²) >= 11 is 5.93. The van der Waals surface area contributed by atoms with Gasteiger partial charge in [-0.05, 0) is 42.3 Å². The van der Waals surface area contributed by atoms with Gasteiger partial charge < -0.3 is 9.88 Å². The second kappa shape index (κ2) is 9.32. The first-order valence-electron chi connectivity index (χ1n) is 9.40. The number of sulfonamides is 1. The quantitative estimate of drug-likeness (QED) is 0.574. The maximum Gasteiger partial charge on any atom is 0.244 e. The first kappa shape index (κ1) is 21.9. The Kier molecular flexibility index (Phi) is 6.79. The predicted octanol–water partition coefficient (Wildman–Crippen LogP) is 3.39. The van der Waals surface area contributed by atoms with Crippen LogP contribution in [0.2, 0.25) is 5.02 Å². The molecule has 9 heteroatoms. The minimum Gasteiger partial charge on any atom is -0.350 e. The lowest BCUT2D eigenvalue weighted by Gasteiger charge is -2.30. The van der Waals surface area contributed by atoms with Crippen LogP contribution in [-0.2, 0) is 21.4 Å². The zero-order valence-corrected chi connectivity index (χ0v) is 18.3. The lowest BCUT2D eigenvalue weighted by molar-refractivity contribution is -0.122. The molecule has 0 spiro atoms. The topological polar surface area (TPSA) is 84.3 Å². The Bertz CT molecular complexity index is 1100. The first-order valence-corrected chi connectivity index (χ1v) is 11.6. The molecule has 1 heterocycles. The van der Waals surface area contributed by atoms with Crippen LogP contribution >= 0.6 is 11.6 Å². The Morgan fingerprint density at radius 2 is 1.90 bits per heavy atom. The van der Waals surface area contributed by atoms with Gasteiger partial charge in [0, 0.05) is 24.0 Å². The van der Waals surface area contributed by atoms with Crippen molar-refractivity contribution in [1.29, 1.82) is 0 Å². The molecule has 158 valence electrons. The van der Waals surface area contributed by atoms with E-state index < -0.39 is 16.1 Å². The summed E-state index contributed by atoms with van der Waals surface area (Å²) in [6.45, 7) is 2.03. The SMILES string of the molecule is CC[C@@H](C(=O)NCc1ccccc1-n1ccnc1)N(c1ccc(Cl)cc1)S(C)(=O)=O. The summed E-state index contributed by atoms with van der Waals surface area (Å²) in [5.74, 6) is -0.377. The van der Waals surface area contributed by atoms with Gasteiger partial charge in [0.1, 0.15) is 6.04 Å². The molecule has 1 N–H and O–H groups in total. The van der Waals surface area contributed by atoms with Crippen LogP contribution in [-0.4, -0.2) is 36.2 Å². The zero-order chi connectivity index (χ0) is 21.7. The number of hydrogen-bond donors (Lipinski definition) is 1. The van der Waals surface area contributed by atoms with Gasteiger partial charge in [0.2, 0.25) is 15.9 Å². The second-order valence-electron chi connectivity index (χ2n) is 6.78. The van der Waals surface area contributed by atoms with E-state index in [1.807, 2.05) is 35.0 Å². The van der Waals surface area contributed by atoms with E-state index in [1.165, 1.54) is 0 Å². The minimum atomic E-state index is -3.70. The number of amides is 1. The number of para-hydroxylation sites is 1. The van der Waals surface area contributed by atoms with Crippen LogP contribution < -0.4 is 9.62 Å². The average Bonchev–Trinajstić information content (AvgIpc) is 3.25. The van der Waals surface area contributed by atoms with E-state index in [-0.39, 0.29) is 12.5 Å². The fraction of sp³-hybridized carbons (Fsp3) is 0.238. The summed E-state index contributed by atoms with van der Waals surface area (Å²) in [5.41, 5.74) is 2.17. The molecule has 0 saturated carbocycles. The van der Waals surface area contributed by atoms with Gasteiger partial charge in [-0.3, -0.25) is 9.10 Å². The number of anilines is 1. The normalized spacial score (nSPS) is 12.4. The maximum absolute atomic E-state index is 13.0. The van der Waals surface area contributed by atoms with E-state index >= 15 is 0 Å². The summed E-state index contributed by atoms with van der Waals surface area (Å²) in [5, 5.41) is 3.37. The number of nitrogens with one attached hydrogen (secondary N) is 1. The van der Waals surface area contributed by atoms with Crippen LogP contribution in [0.3, 0.4) is 0 Å². The fourth-order valence-electron chi connectivity index (χ4n) is 3.26. The van der Waals surface area contributed by atoms with Crippen molar-refractivity contribution in [3.05, 3.63) is 77.8 Å². The Labute approximate surface area is 181 Å². The third-order valence-corrected chi connectivity index (χ3v) is 6.07. The molecule has 0 fully saturated rings. The van der Waals surface area contributed by atoms with Crippen molar-refractivity contribution in [1.82, 2.24) is 14.9 Å². The molecule has 1 amide bonds. The molecule has 0 radical (unpaired) electrons. The van der Waals surface area contributed by atoms with Gasteiger partial charge in [-0.15, -0.1) is 0 Å². The average molecular weight is 447 g/mol. The van der Waals surface area contributed by atoms with Crippen LogP contribution in [0.4, 0.5) is 5.69 Å². The second-order valence-corrected chi connectivity index (χ2v) is 9.07. The van der Waals surface area contributed by atoms with E-state index in [1.54, 1.807) is 43.7 Å². The lowest BCUT2D eigenvalue weighted by atomic mass is 10.1. The zero-order valence-electron chi connectivity index (χ0n) is 16.7. The Hall–Kier alpha value is -2.84. The third-order valence-electron chi connectivity index (χ3n) is 4.64. The van der Waals surface area contributed by atoms with Gasteiger partial charge in [0.05, 0.1) is 24.0 Å². The van der Waals surface area contributed by atoms with Crippen molar-refractivity contribution in [2.45, 2.75) is 25.9 Å². The Morgan fingerprint density at radius 1 is 1.20 bits per heavy atom. The van der Waals surface area contributed by atoms with E-state index in [2.05, 4.69) is 10.3 Å². The van der Waals surface area contributed by atoms with Crippen LogP contribution in [0.25, 0.3) is 5.69 Å². The number of nitrogens with zero attached hydrogens (tertiary/aromatic N) is 3. The number of rotatable bonds is 8. The largest absolute Gasteiger partial charge is 0.350 e. The molecule has 0 bridgehead atoms. The molecule has 30 heavy (non-hydrogen) atoms. The number of aromatic nitrogens is 2. The van der Waals surface area contributed by atoms with Crippen molar-refractivity contribution in [3.8, 4) is 5.69 Å². The third kappa shape index (κ3) is 5.01. The maximum atomic E-state index is 13.0. The highest BCUT2D eigenvalue weighted by atomic mass is 35.5. The molecule has 0 saturated heterocycles. The van der Waals surface area contributed by atoms with Gasteiger partial charge in [-0.1, -0.05) is 36.7 Å². The van der Waals surface area contributed by atoms with Crippen LogP contribution in [0.1, 0.15) is 18.9 Å². The van der Waals surface area contributed by atoms with E-state index in [0.29, 0.717) is 17.1 Å². The molecule has 2 aromatic carbocycles. The molecule has 0 aliphatic carbocycles. The molecular weight excluding hydrogens is 424 g/mol. The van der Waals surface area contributed by atoms with E-state index in [0.717, 1.165) is 21.8 Å². The molecular formula is C21H23ClN4O3S. The van der Waals surface area contributed by atoms with Crippen molar-refractivity contribution >= 4 is 33.2 Å². The van der Waals surface area contributed by atoms with Gasteiger partial charge in [0.15, 0.2) is 0 Å². The van der Waals surface area contributed by atoms with Crippen LogP contribution in [0.15, 0.2) is 67.3 Å². The molecule has 7 nitrogen and oxygen atoms in total. The highest BCUT2D eigenvalue weighted by Gasteiger charge is 2.31. The van der Waals surface area contributed by atoms with Gasteiger partial charge >= 0.3 is 0 Å². The highest BCUT2D eigenvalue weighted by Crippen LogP contribution is 2.24. The van der Waals surface area contributed by atoms with Crippen molar-refractivity contribution in [2.75, 3.05) is 10.6 Å². The van der Waals surface area contributed by atoms with Crippen LogP contribution in [0.5, 0.6) is 0 Å². The number of carbonyl (C=O) groups is 1. The lowest BCUT2D eigenvalue weighted by Crippen LogP contribution is -2.49. The van der Waals surface area contributed by atoms with Gasteiger partial charge in [-0.2, -0.15) is 0 Å². The summed E-state index contributed by atoms with van der Waals surface area (Å²) in [6, 6.07) is 13.1. The standard InChI is InChI=1S/C21H23ClN4O3S/c1-3-19(26(30(2,28)29)18-10-8-17(22)9-11-18)21(27)24-14-16-6-4-5-7-20(16)25-13-12-23-15-25/h4-13,15,19H,3,14H2,1-2H3,(H,24,27)/t19-/m0/s1. The van der Waals surface area contributed by atoms with E-state index in [9.17, 15) is 13.2 Å². The highest BCUT2D eigenvalue weighted by molar-refractivity contribution is 7.92. The molecule has 1 aromatic heterocycles. The molecule has 3 rings (SSSR count). The smallest absolute Gasteiger partial charge is 0.244 e. The summed E-state index contributed by atoms with van der Waals surface area (Å²) < 4.78 is 28.0. The fourth-order valence-corrected chi connectivity index (χ4v) is 4.60. The molecule has 0 aliphatic rings. The molecule has 0 unspecified atom stereocenters. The number of imidazole rings is 1. The molecule has 0 aliphatic heterocycles. The van der Waals surface area contributed by atoms with Gasteiger partial charge in [-0.25, -0.2) is 13.4 Å².